The molecular weight excluding hydrogens is 148 g/mol. The number of amidine groups is 1. The Morgan fingerprint density at radius 2 is 2.08 bits per heavy atom. The number of hydrogen-bond donors (Lipinski definition) is 1. The number of hydrogen-bond acceptors (Lipinski definition) is 1. The Balaban J connectivity index is 3.78. The van der Waals surface area contributed by atoms with E-state index in [0.29, 0.717) is 5.84 Å². The summed E-state index contributed by atoms with van der Waals surface area (Å²) in [6, 6.07) is 0. The van der Waals surface area contributed by atoms with Crippen LogP contribution in [-0.4, -0.2) is 5.84 Å². The second-order valence-electron chi connectivity index (χ2n) is 2.99. The summed E-state index contributed by atoms with van der Waals surface area (Å²) in [4.78, 5) is 4.22. The molecule has 0 saturated carbocycles. The van der Waals surface area contributed by atoms with Crippen LogP contribution in [0.2, 0.25) is 0 Å². The molecule has 12 heavy (non-hydrogen) atoms. The minimum Gasteiger partial charge on any atom is -0.387 e. The summed E-state index contributed by atoms with van der Waals surface area (Å²) >= 11 is 0. The van der Waals surface area contributed by atoms with Crippen LogP contribution in [0.3, 0.4) is 0 Å². The van der Waals surface area contributed by atoms with E-state index in [1.807, 2.05) is 19.9 Å². The van der Waals surface area contributed by atoms with E-state index in [0.717, 1.165) is 12.1 Å². The average Bonchev–Trinajstić information content (AvgIpc) is 2.02. The highest BCUT2D eigenvalue weighted by molar-refractivity contribution is 5.78. The Bertz CT molecular complexity index is 165. The van der Waals surface area contributed by atoms with Crippen molar-refractivity contribution in [1.82, 2.24) is 0 Å². The number of nitrogens with two attached hydrogens (primary N) is 1. The molecule has 0 atom stereocenters. The van der Waals surface area contributed by atoms with Crippen molar-refractivity contribution in [3.63, 3.8) is 0 Å². The van der Waals surface area contributed by atoms with Crippen molar-refractivity contribution in [3.05, 3.63) is 11.8 Å². The second-order valence-corrected chi connectivity index (χ2v) is 2.99. The standard InChI is InChI=1S/C10H20N2/c1-4-6-7-8-10(5-2)12-9(3)11/h5H,4,6-8H2,1-3H3,(H2,11,12)/b10-5-. The van der Waals surface area contributed by atoms with Gasteiger partial charge in [0.05, 0.1) is 5.84 Å². The first-order chi connectivity index (χ1) is 5.70. The van der Waals surface area contributed by atoms with Crippen LogP contribution in [0, 0.1) is 0 Å². The van der Waals surface area contributed by atoms with Crippen LogP contribution in [0.1, 0.15) is 46.5 Å². The third-order valence-corrected chi connectivity index (χ3v) is 1.69. The van der Waals surface area contributed by atoms with E-state index in [-0.39, 0.29) is 0 Å². The first-order valence-corrected chi connectivity index (χ1v) is 4.66. The number of rotatable bonds is 5. The summed E-state index contributed by atoms with van der Waals surface area (Å²) in [5, 5.41) is 0. The summed E-state index contributed by atoms with van der Waals surface area (Å²) < 4.78 is 0. The van der Waals surface area contributed by atoms with Gasteiger partial charge in [-0.3, -0.25) is 0 Å². The van der Waals surface area contributed by atoms with Gasteiger partial charge in [-0.25, -0.2) is 4.99 Å². The Kier molecular flexibility index (Phi) is 6.44. The fraction of sp³-hybridized carbons (Fsp3) is 0.700. The summed E-state index contributed by atoms with van der Waals surface area (Å²) in [5.74, 6) is 0.652. The lowest BCUT2D eigenvalue weighted by Gasteiger charge is -2.00. The van der Waals surface area contributed by atoms with Gasteiger partial charge < -0.3 is 5.73 Å². The predicted octanol–water partition coefficient (Wildman–Crippen LogP) is 2.85. The Morgan fingerprint density at radius 1 is 1.42 bits per heavy atom. The van der Waals surface area contributed by atoms with Gasteiger partial charge in [0, 0.05) is 5.70 Å². The molecule has 0 radical (unpaired) electrons. The molecule has 0 fully saturated rings. The van der Waals surface area contributed by atoms with Gasteiger partial charge in [-0.05, 0) is 26.7 Å². The van der Waals surface area contributed by atoms with E-state index >= 15 is 0 Å². The van der Waals surface area contributed by atoms with Crippen LogP contribution < -0.4 is 5.73 Å². The van der Waals surface area contributed by atoms with Gasteiger partial charge in [0.15, 0.2) is 0 Å². The van der Waals surface area contributed by atoms with Crippen LogP contribution >= 0.6 is 0 Å². The fourth-order valence-electron chi connectivity index (χ4n) is 1.05. The number of allylic oxidation sites excluding steroid dienone is 2. The van der Waals surface area contributed by atoms with Crippen molar-refractivity contribution in [2.75, 3.05) is 0 Å². The minimum absolute atomic E-state index is 0.652. The molecule has 0 aliphatic heterocycles. The van der Waals surface area contributed by atoms with Gasteiger partial charge in [0.25, 0.3) is 0 Å². The highest BCUT2D eigenvalue weighted by Crippen LogP contribution is 2.09. The molecule has 0 bridgehead atoms. The minimum atomic E-state index is 0.652. The topological polar surface area (TPSA) is 38.4 Å². The van der Waals surface area contributed by atoms with Gasteiger partial charge in [-0.15, -0.1) is 0 Å². The van der Waals surface area contributed by atoms with Crippen LogP contribution in [-0.2, 0) is 0 Å². The second kappa shape index (κ2) is 6.89. The van der Waals surface area contributed by atoms with Crippen molar-refractivity contribution in [2.24, 2.45) is 10.7 Å². The van der Waals surface area contributed by atoms with Gasteiger partial charge in [0.2, 0.25) is 0 Å². The maximum atomic E-state index is 5.48. The zero-order valence-electron chi connectivity index (χ0n) is 8.43. The predicted molar refractivity (Wildman–Crippen MR) is 55.2 cm³/mol. The number of nitrogens with zero attached hydrogens (tertiary/aromatic N) is 1. The molecule has 0 aromatic heterocycles. The normalized spacial score (nSPS) is 13.6. The zero-order valence-corrected chi connectivity index (χ0v) is 8.43. The van der Waals surface area contributed by atoms with Crippen LogP contribution in [0.4, 0.5) is 0 Å². The van der Waals surface area contributed by atoms with Crippen molar-refractivity contribution in [3.8, 4) is 0 Å². The van der Waals surface area contributed by atoms with Crippen molar-refractivity contribution >= 4 is 5.84 Å². The molecule has 0 rings (SSSR count). The largest absolute Gasteiger partial charge is 0.387 e. The lowest BCUT2D eigenvalue weighted by atomic mass is 10.1. The van der Waals surface area contributed by atoms with Crippen molar-refractivity contribution in [1.29, 1.82) is 0 Å². The monoisotopic (exact) mass is 168 g/mol. The Hall–Kier alpha value is -0.790. The maximum Gasteiger partial charge on any atom is 0.0960 e. The highest BCUT2D eigenvalue weighted by Gasteiger charge is 1.93. The fourth-order valence-corrected chi connectivity index (χ4v) is 1.05. The highest BCUT2D eigenvalue weighted by atomic mass is 14.8. The molecule has 2 N–H and O–H groups in total. The van der Waals surface area contributed by atoms with Crippen molar-refractivity contribution < 1.29 is 0 Å². The zero-order chi connectivity index (χ0) is 9.40. The quantitative estimate of drug-likeness (QED) is 0.382. The van der Waals surface area contributed by atoms with Gasteiger partial charge in [-0.2, -0.15) is 0 Å². The summed E-state index contributed by atoms with van der Waals surface area (Å²) in [6.07, 6.45) is 6.83. The summed E-state index contributed by atoms with van der Waals surface area (Å²) in [5.41, 5.74) is 6.60. The molecular formula is C10H20N2. The van der Waals surface area contributed by atoms with Crippen LogP contribution in [0.15, 0.2) is 16.8 Å². The van der Waals surface area contributed by atoms with Crippen LogP contribution in [0.25, 0.3) is 0 Å². The number of unbranched alkanes of at least 4 members (excludes halogenated alkanes) is 2. The molecule has 0 aromatic carbocycles. The van der Waals surface area contributed by atoms with Gasteiger partial charge in [0.1, 0.15) is 0 Å². The molecule has 0 heterocycles. The molecule has 2 nitrogen and oxygen atoms in total. The van der Waals surface area contributed by atoms with E-state index in [1.54, 1.807) is 0 Å². The SMILES string of the molecule is C/C=C(/CCCCC)N=C(C)N. The molecule has 2 heteroatoms. The van der Waals surface area contributed by atoms with Crippen molar-refractivity contribution in [2.45, 2.75) is 46.5 Å². The molecule has 0 amide bonds. The summed E-state index contributed by atoms with van der Waals surface area (Å²) in [7, 11) is 0. The maximum absolute atomic E-state index is 5.48. The van der Waals surface area contributed by atoms with Crippen LogP contribution in [0.5, 0.6) is 0 Å². The Morgan fingerprint density at radius 3 is 2.50 bits per heavy atom. The smallest absolute Gasteiger partial charge is 0.0960 e. The number of aliphatic imine (C=N–C) groups is 1. The molecule has 0 spiro atoms. The molecule has 0 aliphatic carbocycles. The van der Waals surface area contributed by atoms with E-state index in [1.165, 1.54) is 19.3 Å². The molecule has 0 saturated heterocycles. The first kappa shape index (κ1) is 11.2. The first-order valence-electron chi connectivity index (χ1n) is 4.66. The van der Waals surface area contributed by atoms with E-state index < -0.39 is 0 Å². The molecule has 70 valence electrons. The van der Waals surface area contributed by atoms with E-state index in [4.69, 9.17) is 5.73 Å². The van der Waals surface area contributed by atoms with Gasteiger partial charge in [-0.1, -0.05) is 25.8 Å². The molecule has 0 aromatic rings. The van der Waals surface area contributed by atoms with E-state index in [9.17, 15) is 0 Å². The third kappa shape index (κ3) is 5.96. The molecule has 0 unspecified atom stereocenters. The summed E-state index contributed by atoms with van der Waals surface area (Å²) in [6.45, 7) is 6.03. The third-order valence-electron chi connectivity index (χ3n) is 1.69. The van der Waals surface area contributed by atoms with Gasteiger partial charge >= 0.3 is 0 Å². The van der Waals surface area contributed by atoms with E-state index in [2.05, 4.69) is 11.9 Å². The average molecular weight is 168 g/mol. The Labute approximate surface area is 75.6 Å². The molecule has 0 aliphatic rings. The lowest BCUT2D eigenvalue weighted by Crippen LogP contribution is -2.05. The lowest BCUT2D eigenvalue weighted by molar-refractivity contribution is 0.709.